The van der Waals surface area contributed by atoms with Gasteiger partial charge in [-0.3, -0.25) is 0 Å². The van der Waals surface area contributed by atoms with Crippen LogP contribution in [0.25, 0.3) is 0 Å². The van der Waals surface area contributed by atoms with E-state index in [1.807, 2.05) is 0 Å². The molecule has 0 heterocycles. The lowest BCUT2D eigenvalue weighted by molar-refractivity contribution is -0.0157. The number of rotatable bonds is 1. The molecule has 2 heteroatoms. The fraction of sp³-hybridized carbons (Fsp3) is 1.00. The second-order valence-electron chi connectivity index (χ2n) is 5.37. The van der Waals surface area contributed by atoms with E-state index in [4.69, 9.17) is 0 Å². The number of nitrogens with zero attached hydrogens (tertiary/aromatic N) is 1. The standard InChI is InChI=1S/C12H23NO/c1-13(2)11-7-9-5-3-4-6-10(9)8-12(11)14/h9-12,14H,3-8H2,1-2H3/t9-,10+,11+,12-/m0/s1. The van der Waals surface area contributed by atoms with Crippen molar-refractivity contribution in [3.05, 3.63) is 0 Å². The van der Waals surface area contributed by atoms with Crippen molar-refractivity contribution in [3.63, 3.8) is 0 Å². The van der Waals surface area contributed by atoms with Crippen molar-refractivity contribution in [3.8, 4) is 0 Å². The maximum absolute atomic E-state index is 10.0. The summed E-state index contributed by atoms with van der Waals surface area (Å²) in [7, 11) is 4.19. The van der Waals surface area contributed by atoms with Gasteiger partial charge in [0.05, 0.1) is 6.10 Å². The summed E-state index contributed by atoms with van der Waals surface area (Å²) < 4.78 is 0. The largest absolute Gasteiger partial charge is 0.391 e. The quantitative estimate of drug-likeness (QED) is 0.694. The van der Waals surface area contributed by atoms with Gasteiger partial charge in [-0.25, -0.2) is 0 Å². The summed E-state index contributed by atoms with van der Waals surface area (Å²) >= 11 is 0. The fourth-order valence-corrected chi connectivity index (χ4v) is 3.39. The smallest absolute Gasteiger partial charge is 0.0698 e. The van der Waals surface area contributed by atoms with Gasteiger partial charge >= 0.3 is 0 Å². The molecule has 0 aliphatic heterocycles. The van der Waals surface area contributed by atoms with Crippen LogP contribution in [-0.2, 0) is 0 Å². The highest BCUT2D eigenvalue weighted by Gasteiger charge is 2.37. The van der Waals surface area contributed by atoms with Gasteiger partial charge in [0, 0.05) is 6.04 Å². The lowest BCUT2D eigenvalue weighted by Crippen LogP contribution is -2.47. The zero-order valence-electron chi connectivity index (χ0n) is 9.45. The van der Waals surface area contributed by atoms with Gasteiger partial charge in [0.25, 0.3) is 0 Å². The molecule has 0 radical (unpaired) electrons. The Morgan fingerprint density at radius 1 is 1.00 bits per heavy atom. The summed E-state index contributed by atoms with van der Waals surface area (Å²) in [5.74, 6) is 1.73. The molecule has 2 rings (SSSR count). The molecule has 0 aromatic carbocycles. The van der Waals surface area contributed by atoms with Gasteiger partial charge in [-0.2, -0.15) is 0 Å². The Morgan fingerprint density at radius 3 is 2.14 bits per heavy atom. The molecule has 2 saturated carbocycles. The van der Waals surface area contributed by atoms with Gasteiger partial charge in [-0.15, -0.1) is 0 Å². The topological polar surface area (TPSA) is 23.5 Å². The summed E-state index contributed by atoms with van der Waals surface area (Å²) in [5, 5.41) is 10.0. The number of aliphatic hydroxyl groups excluding tert-OH is 1. The van der Waals surface area contributed by atoms with Crippen LogP contribution >= 0.6 is 0 Å². The van der Waals surface area contributed by atoms with Crippen molar-refractivity contribution in [2.75, 3.05) is 14.1 Å². The van der Waals surface area contributed by atoms with Gasteiger partial charge < -0.3 is 10.0 Å². The SMILES string of the molecule is CN(C)[C@@H]1C[C@@H]2CCCC[C@@H]2C[C@@H]1O. The minimum atomic E-state index is -0.0793. The number of aliphatic hydroxyl groups is 1. The van der Waals surface area contributed by atoms with E-state index in [1.54, 1.807) is 0 Å². The van der Waals surface area contributed by atoms with Gasteiger partial charge in [0.15, 0.2) is 0 Å². The van der Waals surface area contributed by atoms with Crippen molar-refractivity contribution in [1.82, 2.24) is 4.90 Å². The van der Waals surface area contributed by atoms with E-state index in [0.717, 1.165) is 18.3 Å². The summed E-state index contributed by atoms with van der Waals surface area (Å²) in [5.41, 5.74) is 0. The maximum Gasteiger partial charge on any atom is 0.0698 e. The highest BCUT2D eigenvalue weighted by atomic mass is 16.3. The first kappa shape index (κ1) is 10.4. The van der Waals surface area contributed by atoms with Crippen LogP contribution in [0.5, 0.6) is 0 Å². The first-order valence-electron chi connectivity index (χ1n) is 6.03. The van der Waals surface area contributed by atoms with Crippen molar-refractivity contribution in [2.45, 2.75) is 50.7 Å². The van der Waals surface area contributed by atoms with E-state index >= 15 is 0 Å². The summed E-state index contributed by atoms with van der Waals surface area (Å²) in [6, 6.07) is 0.411. The van der Waals surface area contributed by atoms with Crippen LogP contribution in [0.2, 0.25) is 0 Å². The normalized spacial score (nSPS) is 43.7. The maximum atomic E-state index is 10.0. The predicted molar refractivity (Wildman–Crippen MR) is 58.2 cm³/mol. The zero-order chi connectivity index (χ0) is 10.1. The van der Waals surface area contributed by atoms with Crippen LogP contribution in [0.15, 0.2) is 0 Å². The Kier molecular flexibility index (Phi) is 3.13. The molecular formula is C12H23NO. The highest BCUT2D eigenvalue weighted by molar-refractivity contribution is 4.91. The molecule has 0 aromatic heterocycles. The monoisotopic (exact) mass is 197 g/mol. The van der Waals surface area contributed by atoms with E-state index in [2.05, 4.69) is 19.0 Å². The third-order valence-electron chi connectivity index (χ3n) is 4.26. The molecule has 2 nitrogen and oxygen atoms in total. The fourth-order valence-electron chi connectivity index (χ4n) is 3.39. The Hall–Kier alpha value is -0.0800. The van der Waals surface area contributed by atoms with Gasteiger partial charge in [-0.1, -0.05) is 25.7 Å². The lowest BCUT2D eigenvalue weighted by atomic mass is 9.68. The van der Waals surface area contributed by atoms with Crippen molar-refractivity contribution < 1.29 is 5.11 Å². The lowest BCUT2D eigenvalue weighted by Gasteiger charge is -2.44. The third kappa shape index (κ3) is 1.96. The van der Waals surface area contributed by atoms with E-state index < -0.39 is 0 Å². The van der Waals surface area contributed by atoms with Crippen molar-refractivity contribution >= 4 is 0 Å². The van der Waals surface area contributed by atoms with Gasteiger partial charge in [0.1, 0.15) is 0 Å². The van der Waals surface area contributed by atoms with Crippen molar-refractivity contribution in [2.24, 2.45) is 11.8 Å². The Labute approximate surface area is 87.3 Å². The predicted octanol–water partition coefficient (Wildman–Crippen LogP) is 1.88. The molecule has 0 aromatic rings. The van der Waals surface area contributed by atoms with Crippen molar-refractivity contribution in [1.29, 1.82) is 0 Å². The molecule has 0 saturated heterocycles. The van der Waals surface area contributed by atoms with Crippen LogP contribution in [0.1, 0.15) is 38.5 Å². The molecular weight excluding hydrogens is 174 g/mol. The molecule has 2 fully saturated rings. The average Bonchev–Trinajstić information content (AvgIpc) is 2.16. The Morgan fingerprint density at radius 2 is 1.57 bits per heavy atom. The molecule has 0 unspecified atom stereocenters. The van der Waals surface area contributed by atoms with Crippen LogP contribution in [0.4, 0.5) is 0 Å². The Balaban J connectivity index is 1.99. The first-order valence-corrected chi connectivity index (χ1v) is 6.03. The van der Waals surface area contributed by atoms with Crippen LogP contribution < -0.4 is 0 Å². The van der Waals surface area contributed by atoms with Gasteiger partial charge in [-0.05, 0) is 38.8 Å². The first-order chi connectivity index (χ1) is 6.68. The van der Waals surface area contributed by atoms with Crippen LogP contribution in [0, 0.1) is 11.8 Å². The van der Waals surface area contributed by atoms with Gasteiger partial charge in [0.2, 0.25) is 0 Å². The molecule has 1 N–H and O–H groups in total. The number of likely N-dealkylation sites (N-methyl/N-ethyl adjacent to an activating group) is 1. The number of hydrogen-bond donors (Lipinski definition) is 1. The third-order valence-corrected chi connectivity index (χ3v) is 4.26. The zero-order valence-corrected chi connectivity index (χ0v) is 9.45. The molecule has 0 bridgehead atoms. The van der Waals surface area contributed by atoms with E-state index in [9.17, 15) is 5.11 Å². The second kappa shape index (κ2) is 4.19. The minimum Gasteiger partial charge on any atom is -0.391 e. The number of hydrogen-bond acceptors (Lipinski definition) is 2. The van der Waals surface area contributed by atoms with E-state index in [1.165, 1.54) is 32.1 Å². The van der Waals surface area contributed by atoms with E-state index in [-0.39, 0.29) is 6.10 Å². The highest BCUT2D eigenvalue weighted by Crippen LogP contribution is 2.41. The summed E-state index contributed by atoms with van der Waals surface area (Å²) in [6.07, 6.45) is 7.76. The molecule has 82 valence electrons. The second-order valence-corrected chi connectivity index (χ2v) is 5.37. The molecule has 0 spiro atoms. The van der Waals surface area contributed by atoms with E-state index in [0.29, 0.717) is 6.04 Å². The molecule has 0 amide bonds. The van der Waals surface area contributed by atoms with Crippen LogP contribution in [-0.4, -0.2) is 36.2 Å². The molecule has 4 atom stereocenters. The molecule has 2 aliphatic carbocycles. The van der Waals surface area contributed by atoms with Crippen LogP contribution in [0.3, 0.4) is 0 Å². The summed E-state index contributed by atoms with van der Waals surface area (Å²) in [6.45, 7) is 0. The average molecular weight is 197 g/mol. The molecule has 14 heavy (non-hydrogen) atoms. The molecule has 2 aliphatic rings. The minimum absolute atomic E-state index is 0.0793. The Bertz CT molecular complexity index is 193. The summed E-state index contributed by atoms with van der Waals surface area (Å²) in [4.78, 5) is 2.20. The number of fused-ring (bicyclic) bond motifs is 1.